The van der Waals surface area contributed by atoms with Crippen LogP contribution in [0.4, 0.5) is 0 Å². The molecule has 0 saturated heterocycles. The molecule has 0 aliphatic carbocycles. The first-order valence-electron chi connectivity index (χ1n) is 9.07. The summed E-state index contributed by atoms with van der Waals surface area (Å²) in [4.78, 5) is 11.7. The number of unbranched alkanes of at least 4 members (excludes halogenated alkanes) is 3. The number of carbonyl (C=O) groups excluding carboxylic acids is 1. The highest BCUT2D eigenvalue weighted by molar-refractivity contribution is 7.87. The molecule has 144 valence electrons. The van der Waals surface area contributed by atoms with Gasteiger partial charge in [-0.05, 0) is 25.8 Å². The van der Waals surface area contributed by atoms with E-state index in [4.69, 9.17) is 9.92 Å². The van der Waals surface area contributed by atoms with E-state index in [1.54, 1.807) is 0 Å². The number of carbonyl (C=O) groups is 1. The van der Waals surface area contributed by atoms with E-state index in [9.17, 15) is 13.2 Å². The average Bonchev–Trinajstić information content (AvgIpc) is 2.46. The van der Waals surface area contributed by atoms with Crippen LogP contribution in [0, 0.1) is 0 Å². The van der Waals surface area contributed by atoms with E-state index in [-0.39, 0.29) is 12.5 Å². The molecule has 6 nitrogen and oxygen atoms in total. The first kappa shape index (κ1) is 23.3. The Balaban J connectivity index is 5.12. The van der Waals surface area contributed by atoms with Crippen LogP contribution >= 0.6 is 0 Å². The van der Waals surface area contributed by atoms with Crippen LogP contribution in [0.1, 0.15) is 65.2 Å². The van der Waals surface area contributed by atoms with Crippen molar-refractivity contribution >= 4 is 16.1 Å². The third-order valence-corrected chi connectivity index (χ3v) is 6.15. The molecule has 24 heavy (non-hydrogen) atoms. The maximum atomic E-state index is 12.6. The fourth-order valence-electron chi connectivity index (χ4n) is 3.00. The van der Waals surface area contributed by atoms with Crippen LogP contribution in [-0.4, -0.2) is 57.8 Å². The van der Waals surface area contributed by atoms with Crippen LogP contribution in [0.5, 0.6) is 0 Å². The highest BCUT2D eigenvalue weighted by atomic mass is 32.2. The highest BCUT2D eigenvalue weighted by Gasteiger charge is 2.41. The molecule has 0 aromatic carbocycles. The van der Waals surface area contributed by atoms with Gasteiger partial charge in [0.2, 0.25) is 0 Å². The van der Waals surface area contributed by atoms with Gasteiger partial charge in [0.05, 0.1) is 21.1 Å². The minimum absolute atomic E-state index is 0.0394. The normalized spacial score (nSPS) is 15.1. The van der Waals surface area contributed by atoms with Gasteiger partial charge in [-0.3, -0.25) is 4.79 Å². The van der Waals surface area contributed by atoms with Gasteiger partial charge in [0.1, 0.15) is 11.3 Å². The minimum atomic E-state index is -3.93. The number of quaternary nitrogens is 1. The van der Waals surface area contributed by atoms with Crippen molar-refractivity contribution in [1.82, 2.24) is 0 Å². The van der Waals surface area contributed by atoms with Gasteiger partial charge in [-0.25, -0.2) is 0 Å². The summed E-state index contributed by atoms with van der Waals surface area (Å²) in [5.74, 6) is -0.704. The van der Waals surface area contributed by atoms with Gasteiger partial charge in [0.25, 0.3) is 0 Å². The van der Waals surface area contributed by atoms with Crippen LogP contribution in [0.15, 0.2) is 0 Å². The van der Waals surface area contributed by atoms with Gasteiger partial charge < -0.3 is 14.4 Å². The number of hydrogen-bond acceptors (Lipinski definition) is 5. The molecule has 2 N–H and O–H groups in total. The predicted octanol–water partition coefficient (Wildman–Crippen LogP) is 2.42. The monoisotopic (exact) mass is 365 g/mol. The second-order valence-electron chi connectivity index (χ2n) is 7.32. The number of rotatable bonds is 13. The number of nitrogens with zero attached hydrogens (tertiary/aromatic N) is 1. The molecule has 0 amide bonds. The Kier molecular flexibility index (Phi) is 10.7. The molecular weight excluding hydrogens is 328 g/mol. The molecule has 0 saturated carbocycles. The van der Waals surface area contributed by atoms with Gasteiger partial charge in [0, 0.05) is 12.8 Å². The molecule has 0 fully saturated rings. The summed E-state index contributed by atoms with van der Waals surface area (Å²) >= 11 is 0. The van der Waals surface area contributed by atoms with Gasteiger partial charge >= 0.3 is 16.1 Å². The van der Waals surface area contributed by atoms with E-state index < -0.39 is 21.3 Å². The van der Waals surface area contributed by atoms with Crippen LogP contribution in [0.3, 0.4) is 0 Å². The van der Waals surface area contributed by atoms with Crippen molar-refractivity contribution in [2.75, 3.05) is 27.7 Å². The lowest BCUT2D eigenvalue weighted by atomic mass is 10.0. The standard InChI is InChI=1S/C17H37N2O4S/c1-6-8-9-10-12-15(19(3,4)5)16(7-2)24(21,22)23-17(20)13-11-14-18/h15-16H,6-14,18H2,1-5H3/q+1. The Morgan fingerprint density at radius 3 is 2.17 bits per heavy atom. The van der Waals surface area contributed by atoms with Crippen molar-refractivity contribution in [3.05, 3.63) is 0 Å². The van der Waals surface area contributed by atoms with Gasteiger partial charge in [0.15, 0.2) is 0 Å². The summed E-state index contributed by atoms with van der Waals surface area (Å²) in [6.07, 6.45) is 6.09. The Morgan fingerprint density at radius 2 is 1.71 bits per heavy atom. The van der Waals surface area contributed by atoms with E-state index in [0.717, 1.165) is 32.1 Å². The molecule has 2 atom stereocenters. The van der Waals surface area contributed by atoms with E-state index in [1.165, 1.54) is 0 Å². The second kappa shape index (κ2) is 11.1. The first-order valence-corrected chi connectivity index (χ1v) is 10.5. The molecule has 0 aromatic rings. The van der Waals surface area contributed by atoms with Gasteiger partial charge in [-0.1, -0.05) is 33.1 Å². The Bertz CT molecular complexity index is 458. The van der Waals surface area contributed by atoms with E-state index >= 15 is 0 Å². The quantitative estimate of drug-likeness (QED) is 0.308. The lowest BCUT2D eigenvalue weighted by Crippen LogP contribution is -2.54. The Morgan fingerprint density at radius 1 is 1.08 bits per heavy atom. The number of nitrogens with two attached hydrogens (primary N) is 1. The predicted molar refractivity (Wildman–Crippen MR) is 98.0 cm³/mol. The molecule has 0 rings (SSSR count). The zero-order chi connectivity index (χ0) is 18.8. The fraction of sp³-hybridized carbons (Fsp3) is 0.941. The lowest BCUT2D eigenvalue weighted by Gasteiger charge is -2.38. The molecule has 0 aliphatic rings. The molecule has 7 heteroatoms. The van der Waals surface area contributed by atoms with E-state index in [0.29, 0.717) is 23.9 Å². The Hall–Kier alpha value is -0.660. The van der Waals surface area contributed by atoms with E-state index in [1.807, 2.05) is 28.1 Å². The zero-order valence-corrected chi connectivity index (χ0v) is 16.9. The van der Waals surface area contributed by atoms with Crippen LogP contribution < -0.4 is 5.73 Å². The zero-order valence-electron chi connectivity index (χ0n) is 16.1. The smallest absolute Gasteiger partial charge is 0.322 e. The van der Waals surface area contributed by atoms with Crippen molar-refractivity contribution in [1.29, 1.82) is 0 Å². The van der Waals surface area contributed by atoms with Crippen LogP contribution in [0.2, 0.25) is 0 Å². The maximum absolute atomic E-state index is 12.6. The van der Waals surface area contributed by atoms with Crippen molar-refractivity contribution in [3.8, 4) is 0 Å². The second-order valence-corrected chi connectivity index (χ2v) is 9.08. The largest absolute Gasteiger partial charge is 0.345 e. The highest BCUT2D eigenvalue weighted by Crippen LogP contribution is 2.25. The first-order chi connectivity index (χ1) is 11.1. The summed E-state index contributed by atoms with van der Waals surface area (Å²) in [5.41, 5.74) is 5.35. The molecule has 0 spiro atoms. The average molecular weight is 366 g/mol. The van der Waals surface area contributed by atoms with Gasteiger partial charge in [-0.2, -0.15) is 8.42 Å². The molecular formula is C17H37N2O4S+. The number of hydrogen-bond donors (Lipinski definition) is 1. The fourth-order valence-corrected chi connectivity index (χ4v) is 4.76. The summed E-state index contributed by atoms with van der Waals surface area (Å²) < 4.78 is 30.7. The van der Waals surface area contributed by atoms with Crippen LogP contribution in [-0.2, 0) is 19.1 Å². The van der Waals surface area contributed by atoms with Crippen molar-refractivity contribution in [2.24, 2.45) is 5.73 Å². The van der Waals surface area contributed by atoms with Crippen LogP contribution in [0.25, 0.3) is 0 Å². The third-order valence-electron chi connectivity index (χ3n) is 4.34. The summed E-state index contributed by atoms with van der Waals surface area (Å²) in [7, 11) is 2.06. The molecule has 2 unspecified atom stereocenters. The van der Waals surface area contributed by atoms with Crippen molar-refractivity contribution in [2.45, 2.75) is 76.5 Å². The molecule has 0 heterocycles. The Labute approximate surface area is 148 Å². The SMILES string of the molecule is CCCCCCC(C(CC)S(=O)(=O)OC(=O)CCCN)[N+](C)(C)C. The molecule has 0 bridgehead atoms. The third kappa shape index (κ3) is 8.44. The minimum Gasteiger partial charge on any atom is -0.345 e. The summed E-state index contributed by atoms with van der Waals surface area (Å²) in [6, 6.07) is -0.0980. The van der Waals surface area contributed by atoms with Crippen molar-refractivity contribution < 1.29 is 21.9 Å². The maximum Gasteiger partial charge on any atom is 0.322 e. The summed E-state index contributed by atoms with van der Waals surface area (Å²) in [5, 5.41) is -0.680. The topological polar surface area (TPSA) is 86.5 Å². The molecule has 0 aromatic heterocycles. The molecule has 0 aliphatic heterocycles. The summed E-state index contributed by atoms with van der Waals surface area (Å²) in [6.45, 7) is 4.33. The lowest BCUT2D eigenvalue weighted by molar-refractivity contribution is -0.896. The molecule has 0 radical (unpaired) electrons. The van der Waals surface area contributed by atoms with E-state index in [2.05, 4.69) is 6.92 Å². The van der Waals surface area contributed by atoms with Gasteiger partial charge in [-0.15, -0.1) is 0 Å². The van der Waals surface area contributed by atoms with Crippen molar-refractivity contribution in [3.63, 3.8) is 0 Å².